The van der Waals surface area contributed by atoms with Crippen LogP contribution >= 0.6 is 0 Å². The lowest BCUT2D eigenvalue weighted by molar-refractivity contribution is -0.139. The van der Waals surface area contributed by atoms with Crippen LogP contribution in [0.2, 0.25) is 0 Å². The molecule has 20 heavy (non-hydrogen) atoms. The number of carbonyl (C=O) groups is 3. The molecule has 0 saturated heterocycles. The molecule has 0 rings (SSSR count). The van der Waals surface area contributed by atoms with Crippen LogP contribution < -0.4 is 22.9 Å². The molecule has 11 N–H and O–H groups in total. The summed E-state index contributed by atoms with van der Waals surface area (Å²) in [4.78, 5) is 28.6. The van der Waals surface area contributed by atoms with E-state index in [1.165, 1.54) is 0 Å². The lowest BCUT2D eigenvalue weighted by Crippen LogP contribution is -2.29. The van der Waals surface area contributed by atoms with Crippen LogP contribution in [0.1, 0.15) is 19.3 Å². The number of carboxylic acids is 3. The Morgan fingerprint density at radius 2 is 1.20 bits per heavy atom. The summed E-state index contributed by atoms with van der Waals surface area (Å²) in [6, 6.07) is -0.716. The van der Waals surface area contributed by atoms with Gasteiger partial charge in [-0.2, -0.15) is 0 Å². The van der Waals surface area contributed by atoms with Gasteiger partial charge < -0.3 is 38.3 Å². The summed E-state index contributed by atoms with van der Waals surface area (Å²) in [6.07, 6.45) is 2.16. The molecule has 1 atom stereocenters. The van der Waals surface area contributed by atoms with Gasteiger partial charge in [0.05, 0.1) is 13.1 Å². The topological polar surface area (TPSA) is 216 Å². The molecule has 0 spiro atoms. The van der Waals surface area contributed by atoms with Crippen molar-refractivity contribution < 1.29 is 29.7 Å². The number of unbranched alkanes of at least 4 members (excludes halogenated alkanes) is 1. The third-order valence-electron chi connectivity index (χ3n) is 1.64. The van der Waals surface area contributed by atoms with E-state index in [-0.39, 0.29) is 13.1 Å². The van der Waals surface area contributed by atoms with Crippen LogP contribution in [0.3, 0.4) is 0 Å². The molecule has 0 aliphatic rings. The fourth-order valence-corrected chi connectivity index (χ4v) is 0.632. The second-order valence-corrected chi connectivity index (χ2v) is 3.42. The number of nitrogens with two attached hydrogens (primary N) is 4. The first kappa shape index (κ1) is 23.4. The number of rotatable bonds is 7. The number of hydrogen-bond acceptors (Lipinski definition) is 7. The highest BCUT2D eigenvalue weighted by molar-refractivity contribution is 5.72. The molecule has 0 saturated carbocycles. The highest BCUT2D eigenvalue weighted by Crippen LogP contribution is 1.96. The molecule has 10 nitrogen and oxygen atoms in total. The molecule has 0 aliphatic heterocycles. The Balaban J connectivity index is -0.000000244. The quantitative estimate of drug-likeness (QED) is 0.247. The summed E-state index contributed by atoms with van der Waals surface area (Å²) in [5.41, 5.74) is 19.6. The average Bonchev–Trinajstić information content (AvgIpc) is 2.40. The van der Waals surface area contributed by atoms with Gasteiger partial charge in [0.25, 0.3) is 0 Å². The maximum Gasteiger partial charge on any atom is 0.320 e. The van der Waals surface area contributed by atoms with Gasteiger partial charge in [0, 0.05) is 0 Å². The van der Waals surface area contributed by atoms with Crippen LogP contribution in [0.15, 0.2) is 0 Å². The van der Waals surface area contributed by atoms with Crippen molar-refractivity contribution in [1.82, 2.24) is 0 Å². The molecule has 0 amide bonds. The Morgan fingerprint density at radius 3 is 1.40 bits per heavy atom. The predicted molar refractivity (Wildman–Crippen MR) is 71.9 cm³/mol. The van der Waals surface area contributed by atoms with E-state index in [0.717, 1.165) is 12.8 Å². The summed E-state index contributed by atoms with van der Waals surface area (Å²) >= 11 is 0. The fourth-order valence-electron chi connectivity index (χ4n) is 0.632. The largest absolute Gasteiger partial charge is 0.480 e. The maximum atomic E-state index is 10.1. The standard InChI is InChI=1S/C6H14N2O2.2C2H5NO2/c7-4-2-1-3-5(8)6(9)10;2*3-1-2(4)5/h5H,1-4,7-8H2,(H,9,10);2*1,3H2,(H,4,5). The van der Waals surface area contributed by atoms with Gasteiger partial charge in [0.1, 0.15) is 6.04 Å². The van der Waals surface area contributed by atoms with Crippen molar-refractivity contribution in [1.29, 1.82) is 0 Å². The number of aliphatic carboxylic acids is 3. The minimum atomic E-state index is -0.968. The molecule has 0 bridgehead atoms. The molecular weight excluding hydrogens is 272 g/mol. The second kappa shape index (κ2) is 17.2. The van der Waals surface area contributed by atoms with Crippen LogP contribution in [0.5, 0.6) is 0 Å². The van der Waals surface area contributed by atoms with Gasteiger partial charge in [0.15, 0.2) is 0 Å². The average molecular weight is 296 g/mol. The summed E-state index contributed by atoms with van der Waals surface area (Å²) in [5.74, 6) is -2.87. The van der Waals surface area contributed by atoms with E-state index < -0.39 is 23.9 Å². The van der Waals surface area contributed by atoms with Crippen LogP contribution in [0.4, 0.5) is 0 Å². The second-order valence-electron chi connectivity index (χ2n) is 3.42. The smallest absolute Gasteiger partial charge is 0.320 e. The van der Waals surface area contributed by atoms with Gasteiger partial charge >= 0.3 is 17.9 Å². The van der Waals surface area contributed by atoms with E-state index in [9.17, 15) is 14.4 Å². The van der Waals surface area contributed by atoms with Gasteiger partial charge in [-0.1, -0.05) is 6.42 Å². The van der Waals surface area contributed by atoms with E-state index >= 15 is 0 Å². The fraction of sp³-hybridized carbons (Fsp3) is 0.700. The van der Waals surface area contributed by atoms with Crippen molar-refractivity contribution in [3.8, 4) is 0 Å². The number of hydrogen-bond donors (Lipinski definition) is 7. The molecule has 10 heteroatoms. The predicted octanol–water partition coefficient (Wildman–Crippen LogP) is -2.41. The first-order valence-electron chi connectivity index (χ1n) is 5.75. The van der Waals surface area contributed by atoms with Gasteiger partial charge in [-0.3, -0.25) is 14.4 Å². The Bertz CT molecular complexity index is 260. The van der Waals surface area contributed by atoms with Crippen LogP contribution in [0.25, 0.3) is 0 Å². The molecule has 0 heterocycles. The molecule has 0 fully saturated rings. The van der Waals surface area contributed by atoms with E-state index in [0.29, 0.717) is 13.0 Å². The Kier molecular flexibility index (Phi) is 20.1. The molecular formula is C10H24N4O6. The van der Waals surface area contributed by atoms with Gasteiger partial charge in [0.2, 0.25) is 0 Å². The van der Waals surface area contributed by atoms with Crippen LogP contribution in [0, 0.1) is 0 Å². The van der Waals surface area contributed by atoms with Crippen molar-refractivity contribution in [2.24, 2.45) is 22.9 Å². The lowest BCUT2D eigenvalue weighted by Gasteiger charge is -2.03. The highest BCUT2D eigenvalue weighted by atomic mass is 16.4. The summed E-state index contributed by atoms with van der Waals surface area (Å²) < 4.78 is 0. The van der Waals surface area contributed by atoms with Gasteiger partial charge in [-0.25, -0.2) is 0 Å². The van der Waals surface area contributed by atoms with Crippen molar-refractivity contribution in [2.45, 2.75) is 25.3 Å². The summed E-state index contributed by atoms with van der Waals surface area (Å²) in [6.45, 7) is 0.0480. The maximum absolute atomic E-state index is 10.1. The van der Waals surface area contributed by atoms with E-state index in [1.54, 1.807) is 0 Å². The summed E-state index contributed by atoms with van der Waals surface area (Å²) in [7, 11) is 0. The minimum absolute atomic E-state index is 0.278. The van der Waals surface area contributed by atoms with Crippen LogP contribution in [-0.2, 0) is 14.4 Å². The van der Waals surface area contributed by atoms with E-state index in [1.807, 2.05) is 0 Å². The van der Waals surface area contributed by atoms with Crippen molar-refractivity contribution >= 4 is 17.9 Å². The van der Waals surface area contributed by atoms with Crippen molar-refractivity contribution in [2.75, 3.05) is 19.6 Å². The van der Waals surface area contributed by atoms with Crippen molar-refractivity contribution in [3.63, 3.8) is 0 Å². The van der Waals surface area contributed by atoms with E-state index in [2.05, 4.69) is 11.5 Å². The first-order valence-corrected chi connectivity index (χ1v) is 5.75. The SMILES string of the molecule is NCC(=O)O.NCC(=O)O.NCCCCC(N)C(=O)O. The summed E-state index contributed by atoms with van der Waals surface area (Å²) in [5, 5.41) is 23.5. The molecule has 1 unspecified atom stereocenters. The Morgan fingerprint density at radius 1 is 0.850 bits per heavy atom. The third-order valence-corrected chi connectivity index (χ3v) is 1.64. The normalized spacial score (nSPS) is 10.2. The molecule has 0 radical (unpaired) electrons. The number of carboxylic acid groups (broad SMARTS) is 3. The Hall–Kier alpha value is -1.75. The molecule has 120 valence electrons. The monoisotopic (exact) mass is 296 g/mol. The van der Waals surface area contributed by atoms with Gasteiger partial charge in [-0.15, -0.1) is 0 Å². The Labute approximate surface area is 116 Å². The minimum Gasteiger partial charge on any atom is -0.480 e. The zero-order valence-corrected chi connectivity index (χ0v) is 11.2. The third kappa shape index (κ3) is 29.9. The molecule has 0 aliphatic carbocycles. The van der Waals surface area contributed by atoms with Crippen LogP contribution in [-0.4, -0.2) is 58.9 Å². The zero-order chi connectivity index (χ0) is 16.6. The molecule has 0 aromatic carbocycles. The zero-order valence-electron chi connectivity index (χ0n) is 11.2. The highest BCUT2D eigenvalue weighted by Gasteiger charge is 2.09. The van der Waals surface area contributed by atoms with E-state index in [4.69, 9.17) is 26.8 Å². The lowest BCUT2D eigenvalue weighted by atomic mass is 10.1. The van der Waals surface area contributed by atoms with Crippen molar-refractivity contribution in [3.05, 3.63) is 0 Å². The molecule has 0 aromatic heterocycles. The first-order chi connectivity index (χ1) is 9.22. The van der Waals surface area contributed by atoms with Gasteiger partial charge in [-0.05, 0) is 19.4 Å². The molecule has 0 aromatic rings.